The van der Waals surface area contributed by atoms with Crippen molar-refractivity contribution in [3.8, 4) is 0 Å². The molecule has 0 saturated carbocycles. The van der Waals surface area contributed by atoms with Crippen molar-refractivity contribution in [1.29, 1.82) is 0 Å². The Morgan fingerprint density at radius 2 is 2.21 bits per heavy atom. The van der Waals surface area contributed by atoms with Crippen LogP contribution in [0.5, 0.6) is 0 Å². The number of carbonyl (C=O) groups excluding carboxylic acids is 1. The number of amides is 1. The summed E-state index contributed by atoms with van der Waals surface area (Å²) in [4.78, 5) is 23.4. The summed E-state index contributed by atoms with van der Waals surface area (Å²) in [6.45, 7) is 3.20. The molecular weight excluding hydrogens is 246 g/mol. The number of hydrogen-bond acceptors (Lipinski definition) is 3. The zero-order chi connectivity index (χ0) is 14.0. The number of carboxylic acids is 1. The van der Waals surface area contributed by atoms with Crippen LogP contribution in [0.25, 0.3) is 10.9 Å². The third-order valence-corrected chi connectivity index (χ3v) is 3.29. The number of nitrogens with one attached hydrogen (secondary N) is 2. The quantitative estimate of drug-likeness (QED) is 0.778. The summed E-state index contributed by atoms with van der Waals surface area (Å²) in [5, 5.41) is 19.1. The Morgan fingerprint density at radius 3 is 2.84 bits per heavy atom. The highest BCUT2D eigenvalue weighted by Crippen LogP contribution is 2.17. The topological polar surface area (TPSA) is 95.1 Å². The van der Waals surface area contributed by atoms with Crippen molar-refractivity contribution in [1.82, 2.24) is 15.5 Å². The molecule has 1 heterocycles. The molecular formula is C13H15N3O3. The van der Waals surface area contributed by atoms with Crippen molar-refractivity contribution in [2.45, 2.75) is 25.8 Å². The predicted octanol–water partition coefficient (Wildman–Crippen LogP) is 1.55. The fourth-order valence-electron chi connectivity index (χ4n) is 1.77. The van der Waals surface area contributed by atoms with Crippen LogP contribution >= 0.6 is 0 Å². The second-order valence-corrected chi connectivity index (χ2v) is 4.58. The molecule has 0 saturated heterocycles. The van der Waals surface area contributed by atoms with Gasteiger partial charge >= 0.3 is 5.97 Å². The van der Waals surface area contributed by atoms with Crippen molar-refractivity contribution in [2.24, 2.45) is 0 Å². The number of para-hydroxylation sites is 1. The van der Waals surface area contributed by atoms with Crippen LogP contribution in [-0.2, 0) is 4.79 Å². The number of aromatic nitrogens is 2. The summed E-state index contributed by atoms with van der Waals surface area (Å²) in [7, 11) is 0. The van der Waals surface area contributed by atoms with Crippen molar-refractivity contribution in [2.75, 3.05) is 0 Å². The second-order valence-electron chi connectivity index (χ2n) is 4.58. The molecule has 1 aromatic carbocycles. The Kier molecular flexibility index (Phi) is 3.25. The molecule has 3 N–H and O–H groups in total. The van der Waals surface area contributed by atoms with E-state index in [4.69, 9.17) is 5.11 Å². The summed E-state index contributed by atoms with van der Waals surface area (Å²) in [6.07, 6.45) is 1.91. The molecule has 1 atom stereocenters. The van der Waals surface area contributed by atoms with Gasteiger partial charge in [-0.3, -0.25) is 9.89 Å². The van der Waals surface area contributed by atoms with E-state index in [0.717, 1.165) is 5.39 Å². The molecule has 0 spiro atoms. The second kappa shape index (κ2) is 4.72. The number of nitrogens with zero attached hydrogens (tertiary/aromatic N) is 1. The van der Waals surface area contributed by atoms with Gasteiger partial charge in [0.05, 0.1) is 17.3 Å². The Morgan fingerprint density at radius 1 is 1.47 bits per heavy atom. The van der Waals surface area contributed by atoms with E-state index in [-0.39, 0.29) is 0 Å². The van der Waals surface area contributed by atoms with E-state index in [1.54, 1.807) is 25.3 Å². The number of fused-ring (bicyclic) bond motifs is 1. The van der Waals surface area contributed by atoms with Crippen molar-refractivity contribution >= 4 is 22.8 Å². The van der Waals surface area contributed by atoms with Crippen LogP contribution in [0.4, 0.5) is 0 Å². The highest BCUT2D eigenvalue weighted by Gasteiger charge is 2.33. The first-order chi connectivity index (χ1) is 8.98. The number of H-pyrrole nitrogens is 1. The molecule has 0 aliphatic carbocycles. The zero-order valence-electron chi connectivity index (χ0n) is 10.7. The lowest BCUT2D eigenvalue weighted by Gasteiger charge is -2.24. The molecule has 0 fully saturated rings. The van der Waals surface area contributed by atoms with Crippen LogP contribution in [0.2, 0.25) is 0 Å². The Labute approximate surface area is 109 Å². The molecule has 0 aliphatic heterocycles. The SMILES string of the molecule is CCC(C)(NC(=O)c1cccc2cn[nH]c12)C(=O)O. The lowest BCUT2D eigenvalue weighted by atomic mass is 9.98. The Hall–Kier alpha value is -2.37. The predicted molar refractivity (Wildman–Crippen MR) is 69.9 cm³/mol. The van der Waals surface area contributed by atoms with Gasteiger partial charge in [0, 0.05) is 5.39 Å². The lowest BCUT2D eigenvalue weighted by molar-refractivity contribution is -0.143. The van der Waals surface area contributed by atoms with Gasteiger partial charge in [0.2, 0.25) is 0 Å². The standard InChI is InChI=1S/C13H15N3O3/c1-3-13(2,12(18)19)15-11(17)9-6-4-5-8-7-14-16-10(8)9/h4-7H,3H2,1-2H3,(H,14,16)(H,15,17)(H,18,19). The van der Waals surface area contributed by atoms with E-state index in [1.807, 2.05) is 6.07 Å². The molecule has 1 unspecified atom stereocenters. The van der Waals surface area contributed by atoms with Crippen LogP contribution in [-0.4, -0.2) is 32.7 Å². The number of rotatable bonds is 4. The number of carboxylic acid groups (broad SMARTS) is 1. The highest BCUT2D eigenvalue weighted by atomic mass is 16.4. The van der Waals surface area contributed by atoms with E-state index in [0.29, 0.717) is 17.5 Å². The summed E-state index contributed by atoms with van der Waals surface area (Å²) >= 11 is 0. The molecule has 2 rings (SSSR count). The van der Waals surface area contributed by atoms with Crippen LogP contribution in [0.1, 0.15) is 30.6 Å². The summed E-state index contributed by atoms with van der Waals surface area (Å²) in [5.41, 5.74) is -0.293. The maximum atomic E-state index is 12.2. The van der Waals surface area contributed by atoms with Gasteiger partial charge in [0.1, 0.15) is 5.54 Å². The van der Waals surface area contributed by atoms with Gasteiger partial charge in [-0.05, 0) is 19.4 Å². The number of hydrogen-bond donors (Lipinski definition) is 3. The van der Waals surface area contributed by atoms with Gasteiger partial charge in [-0.2, -0.15) is 5.10 Å². The Bertz CT molecular complexity index is 635. The van der Waals surface area contributed by atoms with Crippen molar-refractivity contribution in [3.05, 3.63) is 30.0 Å². The Balaban J connectivity index is 2.35. The van der Waals surface area contributed by atoms with Crippen molar-refractivity contribution in [3.63, 3.8) is 0 Å². The minimum Gasteiger partial charge on any atom is -0.480 e. The van der Waals surface area contributed by atoms with Crippen molar-refractivity contribution < 1.29 is 14.7 Å². The smallest absolute Gasteiger partial charge is 0.329 e. The van der Waals surface area contributed by atoms with Gasteiger partial charge in [-0.25, -0.2) is 4.79 Å². The molecule has 1 amide bonds. The van der Waals surface area contributed by atoms with Crippen LogP contribution in [0.3, 0.4) is 0 Å². The monoisotopic (exact) mass is 261 g/mol. The minimum atomic E-state index is -1.28. The average Bonchev–Trinajstić information content (AvgIpc) is 2.86. The average molecular weight is 261 g/mol. The van der Waals surface area contributed by atoms with Gasteiger partial charge < -0.3 is 10.4 Å². The van der Waals surface area contributed by atoms with Gasteiger partial charge in [-0.15, -0.1) is 0 Å². The normalized spacial score (nSPS) is 14.0. The first-order valence-corrected chi connectivity index (χ1v) is 5.96. The summed E-state index contributed by atoms with van der Waals surface area (Å²) < 4.78 is 0. The molecule has 6 nitrogen and oxygen atoms in total. The molecule has 1 aromatic heterocycles. The molecule has 2 aromatic rings. The third-order valence-electron chi connectivity index (χ3n) is 3.29. The maximum Gasteiger partial charge on any atom is 0.329 e. The van der Waals surface area contributed by atoms with Crippen LogP contribution < -0.4 is 5.32 Å². The largest absolute Gasteiger partial charge is 0.480 e. The first kappa shape index (κ1) is 13.1. The highest BCUT2D eigenvalue weighted by molar-refractivity contribution is 6.06. The fraction of sp³-hybridized carbons (Fsp3) is 0.308. The number of aliphatic carboxylic acids is 1. The fourth-order valence-corrected chi connectivity index (χ4v) is 1.77. The van der Waals surface area contributed by atoms with Gasteiger partial charge in [0.25, 0.3) is 5.91 Å². The minimum absolute atomic E-state index is 0.299. The van der Waals surface area contributed by atoms with Gasteiger partial charge in [0.15, 0.2) is 0 Å². The maximum absolute atomic E-state index is 12.2. The summed E-state index contributed by atoms with van der Waals surface area (Å²) in [6, 6.07) is 5.19. The number of benzene rings is 1. The van der Waals surface area contributed by atoms with Gasteiger partial charge in [-0.1, -0.05) is 19.1 Å². The lowest BCUT2D eigenvalue weighted by Crippen LogP contribution is -2.51. The number of carbonyl (C=O) groups is 2. The third kappa shape index (κ3) is 2.29. The molecule has 0 aliphatic rings. The molecule has 0 radical (unpaired) electrons. The first-order valence-electron chi connectivity index (χ1n) is 5.96. The van der Waals surface area contributed by atoms with E-state index >= 15 is 0 Å². The summed E-state index contributed by atoms with van der Waals surface area (Å²) in [5.74, 6) is -1.48. The zero-order valence-corrected chi connectivity index (χ0v) is 10.7. The van der Waals surface area contributed by atoms with Crippen LogP contribution in [0, 0.1) is 0 Å². The number of aromatic amines is 1. The van der Waals surface area contributed by atoms with E-state index in [9.17, 15) is 9.59 Å². The van der Waals surface area contributed by atoms with E-state index in [2.05, 4.69) is 15.5 Å². The van der Waals surface area contributed by atoms with E-state index < -0.39 is 17.4 Å². The van der Waals surface area contributed by atoms with Crippen LogP contribution in [0.15, 0.2) is 24.4 Å². The molecule has 6 heteroatoms. The molecule has 19 heavy (non-hydrogen) atoms. The molecule has 0 bridgehead atoms. The van der Waals surface area contributed by atoms with E-state index in [1.165, 1.54) is 6.92 Å². The molecule has 100 valence electrons.